The van der Waals surface area contributed by atoms with Crippen LogP contribution in [-0.2, 0) is 6.54 Å². The average molecular weight is 231 g/mol. The standard InChI is InChI=1S/C13H13NOS/c1-16-12-7-5-11(6-8-12)10-14-9-3-2-4-13(14)15/h2-9H,10H2,1H3. The Morgan fingerprint density at radius 3 is 2.50 bits per heavy atom. The van der Waals surface area contributed by atoms with E-state index in [9.17, 15) is 4.79 Å². The summed E-state index contributed by atoms with van der Waals surface area (Å²) in [5.41, 5.74) is 1.18. The molecule has 1 aromatic heterocycles. The third-order valence-electron chi connectivity index (χ3n) is 2.41. The molecule has 0 spiro atoms. The Bertz CT molecular complexity index is 516. The molecule has 0 atom stereocenters. The van der Waals surface area contributed by atoms with Gasteiger partial charge in [0.1, 0.15) is 0 Å². The Morgan fingerprint density at radius 2 is 1.88 bits per heavy atom. The van der Waals surface area contributed by atoms with Gasteiger partial charge in [-0.15, -0.1) is 11.8 Å². The lowest BCUT2D eigenvalue weighted by atomic mass is 10.2. The molecule has 0 aliphatic rings. The van der Waals surface area contributed by atoms with Gasteiger partial charge in [0.15, 0.2) is 0 Å². The normalized spacial score (nSPS) is 10.3. The third kappa shape index (κ3) is 2.55. The zero-order valence-corrected chi connectivity index (χ0v) is 9.91. The molecule has 0 unspecified atom stereocenters. The Labute approximate surface area is 98.9 Å². The summed E-state index contributed by atoms with van der Waals surface area (Å²) in [6.07, 6.45) is 3.86. The van der Waals surface area contributed by atoms with Crippen molar-refractivity contribution in [1.29, 1.82) is 0 Å². The zero-order valence-electron chi connectivity index (χ0n) is 9.09. The lowest BCUT2D eigenvalue weighted by Gasteiger charge is -2.05. The van der Waals surface area contributed by atoms with Gasteiger partial charge in [0.25, 0.3) is 5.56 Å². The van der Waals surface area contributed by atoms with E-state index in [0.717, 1.165) is 5.56 Å². The maximum Gasteiger partial charge on any atom is 0.250 e. The summed E-state index contributed by atoms with van der Waals surface area (Å²) in [5, 5.41) is 0. The van der Waals surface area contributed by atoms with Crippen LogP contribution >= 0.6 is 11.8 Å². The smallest absolute Gasteiger partial charge is 0.250 e. The van der Waals surface area contributed by atoms with E-state index in [0.29, 0.717) is 6.54 Å². The minimum absolute atomic E-state index is 0.0384. The van der Waals surface area contributed by atoms with Crippen LogP contribution in [0.4, 0.5) is 0 Å². The summed E-state index contributed by atoms with van der Waals surface area (Å²) in [6, 6.07) is 13.5. The van der Waals surface area contributed by atoms with E-state index in [2.05, 4.69) is 30.5 Å². The van der Waals surface area contributed by atoms with Crippen molar-refractivity contribution in [2.24, 2.45) is 0 Å². The summed E-state index contributed by atoms with van der Waals surface area (Å²) >= 11 is 1.72. The van der Waals surface area contributed by atoms with Crippen molar-refractivity contribution >= 4 is 11.8 Å². The Balaban J connectivity index is 2.21. The number of benzene rings is 1. The molecule has 0 bridgehead atoms. The summed E-state index contributed by atoms with van der Waals surface area (Å²) in [7, 11) is 0. The molecule has 0 aliphatic carbocycles. The quantitative estimate of drug-likeness (QED) is 0.757. The molecular weight excluding hydrogens is 218 g/mol. The van der Waals surface area contributed by atoms with Crippen LogP contribution in [0.5, 0.6) is 0 Å². The van der Waals surface area contributed by atoms with Gasteiger partial charge in [-0.05, 0) is 30.0 Å². The molecule has 2 aromatic rings. The van der Waals surface area contributed by atoms with Gasteiger partial charge in [-0.3, -0.25) is 4.79 Å². The van der Waals surface area contributed by atoms with Crippen LogP contribution in [0.1, 0.15) is 5.56 Å². The minimum atomic E-state index is 0.0384. The molecule has 0 saturated heterocycles. The monoisotopic (exact) mass is 231 g/mol. The van der Waals surface area contributed by atoms with Crippen LogP contribution in [0.25, 0.3) is 0 Å². The number of hydrogen-bond acceptors (Lipinski definition) is 2. The molecule has 2 rings (SSSR count). The van der Waals surface area contributed by atoms with Crippen molar-refractivity contribution in [3.05, 3.63) is 64.6 Å². The average Bonchev–Trinajstić information content (AvgIpc) is 2.33. The zero-order chi connectivity index (χ0) is 11.4. The van der Waals surface area contributed by atoms with Crippen molar-refractivity contribution in [3.8, 4) is 0 Å². The number of hydrogen-bond donors (Lipinski definition) is 0. The van der Waals surface area contributed by atoms with E-state index < -0.39 is 0 Å². The molecule has 0 radical (unpaired) electrons. The van der Waals surface area contributed by atoms with Gasteiger partial charge in [0, 0.05) is 17.2 Å². The lowest BCUT2D eigenvalue weighted by Crippen LogP contribution is -2.18. The SMILES string of the molecule is CSc1ccc(Cn2ccccc2=O)cc1. The second kappa shape index (κ2) is 5.03. The molecule has 0 aliphatic heterocycles. The maximum atomic E-state index is 11.5. The highest BCUT2D eigenvalue weighted by Crippen LogP contribution is 2.15. The van der Waals surface area contributed by atoms with E-state index in [1.807, 2.05) is 12.3 Å². The van der Waals surface area contributed by atoms with E-state index in [-0.39, 0.29) is 5.56 Å². The molecule has 0 N–H and O–H groups in total. The van der Waals surface area contributed by atoms with E-state index >= 15 is 0 Å². The van der Waals surface area contributed by atoms with Crippen LogP contribution in [0.2, 0.25) is 0 Å². The molecule has 1 aromatic carbocycles. The first-order chi connectivity index (χ1) is 7.79. The third-order valence-corrected chi connectivity index (χ3v) is 3.15. The summed E-state index contributed by atoms with van der Waals surface area (Å²) < 4.78 is 1.70. The molecule has 3 heteroatoms. The molecule has 0 fully saturated rings. The summed E-state index contributed by atoms with van der Waals surface area (Å²) in [6.45, 7) is 0.633. The van der Waals surface area contributed by atoms with Crippen molar-refractivity contribution in [2.45, 2.75) is 11.4 Å². The number of pyridine rings is 1. The highest BCUT2D eigenvalue weighted by molar-refractivity contribution is 7.98. The fourth-order valence-electron chi connectivity index (χ4n) is 1.52. The number of thioether (sulfide) groups is 1. The molecule has 16 heavy (non-hydrogen) atoms. The van der Waals surface area contributed by atoms with E-state index in [1.165, 1.54) is 4.90 Å². The first kappa shape index (κ1) is 11.0. The van der Waals surface area contributed by atoms with Crippen molar-refractivity contribution < 1.29 is 0 Å². The first-order valence-electron chi connectivity index (χ1n) is 5.08. The van der Waals surface area contributed by atoms with E-state index in [1.54, 1.807) is 28.5 Å². The largest absolute Gasteiger partial charge is 0.311 e. The van der Waals surface area contributed by atoms with Crippen LogP contribution in [-0.4, -0.2) is 10.8 Å². The van der Waals surface area contributed by atoms with Gasteiger partial charge in [0.05, 0.1) is 6.54 Å². The van der Waals surface area contributed by atoms with Crippen LogP contribution < -0.4 is 5.56 Å². The summed E-state index contributed by atoms with van der Waals surface area (Å²) in [4.78, 5) is 12.7. The first-order valence-corrected chi connectivity index (χ1v) is 6.30. The van der Waals surface area contributed by atoms with Gasteiger partial charge < -0.3 is 4.57 Å². The van der Waals surface area contributed by atoms with Gasteiger partial charge in [-0.2, -0.15) is 0 Å². The van der Waals surface area contributed by atoms with Gasteiger partial charge in [-0.25, -0.2) is 0 Å². The van der Waals surface area contributed by atoms with Crippen molar-refractivity contribution in [3.63, 3.8) is 0 Å². The second-order valence-corrected chi connectivity index (χ2v) is 4.39. The van der Waals surface area contributed by atoms with E-state index in [4.69, 9.17) is 0 Å². The highest BCUT2D eigenvalue weighted by Gasteiger charge is 1.97. The highest BCUT2D eigenvalue weighted by atomic mass is 32.2. The number of rotatable bonds is 3. The lowest BCUT2D eigenvalue weighted by molar-refractivity contribution is 0.759. The molecule has 0 amide bonds. The van der Waals surface area contributed by atoms with Crippen molar-refractivity contribution in [2.75, 3.05) is 6.26 Å². The van der Waals surface area contributed by atoms with Gasteiger partial charge in [0.2, 0.25) is 0 Å². The molecule has 1 heterocycles. The molecular formula is C13H13NOS. The Kier molecular flexibility index (Phi) is 3.47. The number of aromatic nitrogens is 1. The predicted octanol–water partition coefficient (Wildman–Crippen LogP) is 2.62. The maximum absolute atomic E-state index is 11.5. The molecule has 2 nitrogen and oxygen atoms in total. The Hall–Kier alpha value is -1.48. The predicted molar refractivity (Wildman–Crippen MR) is 68.0 cm³/mol. The second-order valence-electron chi connectivity index (χ2n) is 3.51. The summed E-state index contributed by atoms with van der Waals surface area (Å²) in [5.74, 6) is 0. The van der Waals surface area contributed by atoms with Gasteiger partial charge >= 0.3 is 0 Å². The molecule has 0 saturated carbocycles. The fourth-order valence-corrected chi connectivity index (χ4v) is 1.93. The minimum Gasteiger partial charge on any atom is -0.311 e. The van der Waals surface area contributed by atoms with Gasteiger partial charge in [-0.1, -0.05) is 18.2 Å². The van der Waals surface area contributed by atoms with Crippen LogP contribution in [0.15, 0.2) is 58.4 Å². The van der Waals surface area contributed by atoms with Crippen LogP contribution in [0, 0.1) is 0 Å². The topological polar surface area (TPSA) is 22.0 Å². The van der Waals surface area contributed by atoms with Crippen LogP contribution in [0.3, 0.4) is 0 Å². The molecule has 82 valence electrons. The van der Waals surface area contributed by atoms with Crippen molar-refractivity contribution in [1.82, 2.24) is 4.57 Å². The number of nitrogens with zero attached hydrogens (tertiary/aromatic N) is 1. The fraction of sp³-hybridized carbons (Fsp3) is 0.154. The Morgan fingerprint density at radius 1 is 1.12 bits per heavy atom.